The van der Waals surface area contributed by atoms with Gasteiger partial charge >= 0.3 is 6.09 Å². The zero-order valence-corrected chi connectivity index (χ0v) is 18.0. The lowest BCUT2D eigenvalue weighted by atomic mass is 9.96. The van der Waals surface area contributed by atoms with Crippen molar-refractivity contribution in [3.05, 3.63) is 29.6 Å². The van der Waals surface area contributed by atoms with Crippen LogP contribution in [0.4, 0.5) is 10.6 Å². The Balaban J connectivity index is 1.54. The summed E-state index contributed by atoms with van der Waals surface area (Å²) in [4.78, 5) is 27.3. The van der Waals surface area contributed by atoms with Crippen LogP contribution in [0.25, 0.3) is 0 Å². The molecule has 4 N–H and O–H groups in total. The molecule has 2 amide bonds. The van der Waals surface area contributed by atoms with Gasteiger partial charge in [-0.1, -0.05) is 0 Å². The predicted molar refractivity (Wildman–Crippen MR) is 114 cm³/mol. The first-order valence-corrected chi connectivity index (χ1v) is 10.3. The Labute approximate surface area is 180 Å². The number of aromatic amines is 1. The lowest BCUT2D eigenvalue weighted by molar-refractivity contribution is -0.115. The van der Waals surface area contributed by atoms with Crippen LogP contribution < -0.4 is 20.1 Å². The van der Waals surface area contributed by atoms with Crippen molar-refractivity contribution in [2.45, 2.75) is 51.0 Å². The van der Waals surface area contributed by atoms with Gasteiger partial charge in [0.1, 0.15) is 5.75 Å². The number of hydrogen-bond acceptors (Lipinski definition) is 6. The zero-order valence-electron chi connectivity index (χ0n) is 18.0. The summed E-state index contributed by atoms with van der Waals surface area (Å²) in [7, 11) is 3.04. The highest BCUT2D eigenvalue weighted by atomic mass is 16.5. The second kappa shape index (κ2) is 10.1. The standard InChI is InChI=1S/C21H29N5O5/c1-12(23-21(28)29)6-13-4-5-14(7-13)16-10-18(26-25-16)24-19(27)8-15-9-20(31-3)22-11-17(15)30-2/h9-14,23H,4-8H2,1-3H3,(H,28,29)(H2,24,25,26,27)/t12?,13-,14-/m0/s1. The van der Waals surface area contributed by atoms with Crippen molar-refractivity contribution in [1.82, 2.24) is 20.5 Å². The smallest absolute Gasteiger partial charge is 0.404 e. The summed E-state index contributed by atoms with van der Waals surface area (Å²) >= 11 is 0. The van der Waals surface area contributed by atoms with Gasteiger partial charge in [0.05, 0.1) is 26.8 Å². The highest BCUT2D eigenvalue weighted by Crippen LogP contribution is 2.40. The van der Waals surface area contributed by atoms with E-state index in [1.807, 2.05) is 13.0 Å². The minimum Gasteiger partial charge on any atom is -0.495 e. The number of pyridine rings is 1. The molecule has 10 nitrogen and oxygen atoms in total. The van der Waals surface area contributed by atoms with Crippen LogP contribution in [0.1, 0.15) is 49.8 Å². The molecule has 1 saturated carbocycles. The maximum atomic E-state index is 12.5. The summed E-state index contributed by atoms with van der Waals surface area (Å²) in [5.74, 6) is 1.97. The molecule has 0 aromatic carbocycles. The molecule has 0 saturated heterocycles. The number of methoxy groups -OCH3 is 2. The number of amides is 2. The van der Waals surface area contributed by atoms with E-state index in [0.717, 1.165) is 31.4 Å². The highest BCUT2D eigenvalue weighted by Gasteiger charge is 2.28. The SMILES string of the molecule is COc1cc(CC(=O)Nc2cc([C@H]3CC[C@@H](CC(C)NC(=O)O)C3)[nH]n2)c(OC)cn1. The Morgan fingerprint density at radius 1 is 1.29 bits per heavy atom. The third kappa shape index (κ3) is 6.09. The van der Waals surface area contributed by atoms with Gasteiger partial charge in [0.2, 0.25) is 11.8 Å². The number of ether oxygens (including phenoxy) is 2. The molecule has 1 aliphatic carbocycles. The zero-order chi connectivity index (χ0) is 22.4. The monoisotopic (exact) mass is 431 g/mol. The van der Waals surface area contributed by atoms with Crippen molar-refractivity contribution in [3.8, 4) is 11.6 Å². The van der Waals surface area contributed by atoms with E-state index >= 15 is 0 Å². The first-order chi connectivity index (χ1) is 14.9. The molecule has 31 heavy (non-hydrogen) atoms. The molecule has 0 spiro atoms. The Bertz CT molecular complexity index is 915. The van der Waals surface area contributed by atoms with Gasteiger partial charge in [-0.05, 0) is 38.5 Å². The molecule has 0 radical (unpaired) electrons. The van der Waals surface area contributed by atoms with Gasteiger partial charge < -0.3 is 25.2 Å². The fourth-order valence-corrected chi connectivity index (χ4v) is 4.21. The number of nitrogens with zero attached hydrogens (tertiary/aromatic N) is 2. The van der Waals surface area contributed by atoms with Crippen LogP contribution in [0.5, 0.6) is 11.6 Å². The molecule has 1 fully saturated rings. The Morgan fingerprint density at radius 3 is 2.81 bits per heavy atom. The quantitative estimate of drug-likeness (QED) is 0.479. The molecular formula is C21H29N5O5. The van der Waals surface area contributed by atoms with Crippen molar-refractivity contribution in [3.63, 3.8) is 0 Å². The summed E-state index contributed by atoms with van der Waals surface area (Å²) in [6, 6.07) is 3.48. The average Bonchev–Trinajstić information content (AvgIpc) is 3.36. The Kier molecular flexibility index (Phi) is 7.32. The van der Waals surface area contributed by atoms with Crippen LogP contribution >= 0.6 is 0 Å². The molecule has 3 rings (SSSR count). The first kappa shape index (κ1) is 22.4. The van der Waals surface area contributed by atoms with E-state index in [2.05, 4.69) is 25.8 Å². The summed E-state index contributed by atoms with van der Waals surface area (Å²) in [6.07, 6.45) is 4.47. The lowest BCUT2D eigenvalue weighted by Gasteiger charge is -2.16. The molecule has 2 aromatic rings. The van der Waals surface area contributed by atoms with Crippen molar-refractivity contribution in [1.29, 1.82) is 0 Å². The summed E-state index contributed by atoms with van der Waals surface area (Å²) in [5.41, 5.74) is 1.66. The fourth-order valence-electron chi connectivity index (χ4n) is 4.21. The topological polar surface area (TPSA) is 138 Å². The number of carbonyl (C=O) groups is 2. The van der Waals surface area contributed by atoms with E-state index in [1.54, 1.807) is 6.07 Å². The number of H-pyrrole nitrogens is 1. The number of carbonyl (C=O) groups excluding carboxylic acids is 1. The van der Waals surface area contributed by atoms with Crippen LogP contribution in [-0.2, 0) is 11.2 Å². The third-order valence-corrected chi connectivity index (χ3v) is 5.61. The van der Waals surface area contributed by atoms with Gasteiger partial charge in [-0.15, -0.1) is 0 Å². The van der Waals surface area contributed by atoms with Crippen LogP contribution in [0.2, 0.25) is 0 Å². The van der Waals surface area contributed by atoms with Gasteiger partial charge in [-0.25, -0.2) is 9.78 Å². The number of nitrogens with one attached hydrogen (secondary N) is 3. The molecule has 3 atom stereocenters. The normalized spacial score (nSPS) is 18.9. The average molecular weight is 431 g/mol. The fraction of sp³-hybridized carbons (Fsp3) is 0.524. The van der Waals surface area contributed by atoms with Crippen molar-refractivity contribution in [2.24, 2.45) is 5.92 Å². The van der Waals surface area contributed by atoms with Gasteiger partial charge in [-0.2, -0.15) is 5.10 Å². The predicted octanol–water partition coefficient (Wildman–Crippen LogP) is 2.93. The molecular weight excluding hydrogens is 402 g/mol. The molecule has 1 unspecified atom stereocenters. The Morgan fingerprint density at radius 2 is 2.10 bits per heavy atom. The van der Waals surface area contributed by atoms with E-state index in [9.17, 15) is 9.59 Å². The molecule has 0 bridgehead atoms. The highest BCUT2D eigenvalue weighted by molar-refractivity contribution is 5.91. The minimum atomic E-state index is -0.987. The summed E-state index contributed by atoms with van der Waals surface area (Å²) in [6.45, 7) is 1.89. The number of rotatable bonds is 9. The van der Waals surface area contributed by atoms with E-state index in [-0.39, 0.29) is 18.4 Å². The van der Waals surface area contributed by atoms with Crippen LogP contribution in [0, 0.1) is 5.92 Å². The van der Waals surface area contributed by atoms with Crippen LogP contribution in [0.15, 0.2) is 18.3 Å². The minimum absolute atomic E-state index is 0.0679. The summed E-state index contributed by atoms with van der Waals surface area (Å²) in [5, 5.41) is 21.4. The second-order valence-electron chi connectivity index (χ2n) is 7.93. The van der Waals surface area contributed by atoms with Gasteiger partial charge in [0.25, 0.3) is 0 Å². The van der Waals surface area contributed by atoms with Crippen molar-refractivity contribution in [2.75, 3.05) is 19.5 Å². The van der Waals surface area contributed by atoms with E-state index in [0.29, 0.717) is 34.8 Å². The number of hydrogen-bond donors (Lipinski definition) is 4. The third-order valence-electron chi connectivity index (χ3n) is 5.61. The molecule has 168 valence electrons. The van der Waals surface area contributed by atoms with E-state index < -0.39 is 6.09 Å². The molecule has 2 heterocycles. The largest absolute Gasteiger partial charge is 0.495 e. The number of anilines is 1. The molecule has 2 aromatic heterocycles. The summed E-state index contributed by atoms with van der Waals surface area (Å²) < 4.78 is 10.4. The first-order valence-electron chi connectivity index (χ1n) is 10.3. The van der Waals surface area contributed by atoms with E-state index in [4.69, 9.17) is 14.6 Å². The Hall–Kier alpha value is -3.30. The van der Waals surface area contributed by atoms with Gasteiger partial charge in [0.15, 0.2) is 5.82 Å². The maximum absolute atomic E-state index is 12.5. The van der Waals surface area contributed by atoms with Crippen molar-refractivity contribution < 1.29 is 24.2 Å². The molecule has 1 aliphatic rings. The lowest BCUT2D eigenvalue weighted by Crippen LogP contribution is -2.32. The van der Waals surface area contributed by atoms with E-state index in [1.165, 1.54) is 20.4 Å². The number of carboxylic acid groups (broad SMARTS) is 1. The van der Waals surface area contributed by atoms with Crippen LogP contribution in [-0.4, -0.2) is 52.5 Å². The van der Waals surface area contributed by atoms with Gasteiger partial charge in [-0.3, -0.25) is 9.89 Å². The number of aromatic nitrogens is 3. The second-order valence-corrected chi connectivity index (χ2v) is 7.93. The molecule has 0 aliphatic heterocycles. The molecule has 10 heteroatoms. The maximum Gasteiger partial charge on any atom is 0.404 e. The van der Waals surface area contributed by atoms with Crippen molar-refractivity contribution >= 4 is 17.8 Å². The van der Waals surface area contributed by atoms with Gasteiger partial charge in [0, 0.05) is 35.3 Å². The van der Waals surface area contributed by atoms with Crippen LogP contribution in [0.3, 0.4) is 0 Å².